The molecule has 4 heterocycles. The first-order chi connectivity index (χ1) is 18.1. The highest BCUT2D eigenvalue weighted by Crippen LogP contribution is 2.28. The summed E-state index contributed by atoms with van der Waals surface area (Å²) in [7, 11) is 1.72. The van der Waals surface area contributed by atoms with Crippen molar-refractivity contribution in [1.29, 1.82) is 0 Å². The third-order valence-electron chi connectivity index (χ3n) is 6.37. The van der Waals surface area contributed by atoms with Crippen LogP contribution in [-0.2, 0) is 11.2 Å². The molecule has 0 spiro atoms. The van der Waals surface area contributed by atoms with E-state index in [1.54, 1.807) is 13.3 Å². The molecule has 7 nitrogen and oxygen atoms in total. The van der Waals surface area contributed by atoms with Crippen LogP contribution < -0.4 is 5.32 Å². The molecule has 0 saturated carbocycles. The molecule has 2 N–H and O–H groups in total. The van der Waals surface area contributed by atoms with E-state index in [4.69, 9.17) is 14.7 Å². The zero-order valence-corrected chi connectivity index (χ0v) is 22.0. The van der Waals surface area contributed by atoms with Crippen LogP contribution in [0.3, 0.4) is 0 Å². The van der Waals surface area contributed by atoms with E-state index < -0.39 is 5.82 Å². The topological polar surface area (TPSA) is 80.1 Å². The van der Waals surface area contributed by atoms with Crippen molar-refractivity contribution in [2.75, 3.05) is 25.6 Å². The van der Waals surface area contributed by atoms with Crippen LogP contribution in [0.15, 0.2) is 61.3 Å². The average Bonchev–Trinajstić information content (AvgIpc) is 3.54. The van der Waals surface area contributed by atoms with Gasteiger partial charge in [-0.05, 0) is 42.9 Å². The molecular formula is C29H35FN6O. The standard InChI is InChI=1S/C27H29FN6O.C2H6/c1-18(6-5-11-35-2)25-16-32-27-26(30-10-9-19-14-31-23-8-4-3-7-22(19)23)33-24(17-34(25)27)20-12-21(28)15-29-13-20;1-2/h3-4,7-8,12-18,31H,5-6,9-11H2,1-2H3,(H,30,33);1-2H3. The normalized spacial score (nSPS) is 11.9. The van der Waals surface area contributed by atoms with E-state index >= 15 is 0 Å². The zero-order valence-electron chi connectivity index (χ0n) is 22.0. The minimum absolute atomic E-state index is 0.278. The Kier molecular flexibility index (Phi) is 8.85. The molecule has 5 aromatic rings. The summed E-state index contributed by atoms with van der Waals surface area (Å²) < 4.78 is 21.2. The summed E-state index contributed by atoms with van der Waals surface area (Å²) in [5.41, 5.74) is 5.48. The number of benzene rings is 1. The first-order valence-electron chi connectivity index (χ1n) is 12.9. The summed E-state index contributed by atoms with van der Waals surface area (Å²) >= 11 is 0. The summed E-state index contributed by atoms with van der Waals surface area (Å²) in [4.78, 5) is 16.8. The van der Waals surface area contributed by atoms with Crippen molar-refractivity contribution in [3.05, 3.63) is 78.4 Å². The van der Waals surface area contributed by atoms with Crippen molar-refractivity contribution in [2.24, 2.45) is 0 Å². The Labute approximate surface area is 217 Å². The molecule has 4 aromatic heterocycles. The second kappa shape index (κ2) is 12.5. The van der Waals surface area contributed by atoms with Gasteiger partial charge >= 0.3 is 0 Å². The Morgan fingerprint density at radius 1 is 1.16 bits per heavy atom. The van der Waals surface area contributed by atoms with Crippen LogP contribution in [-0.4, -0.2) is 44.6 Å². The first kappa shape index (κ1) is 26.3. The van der Waals surface area contributed by atoms with Gasteiger partial charge in [0.15, 0.2) is 11.5 Å². The molecule has 0 amide bonds. The summed E-state index contributed by atoms with van der Waals surface area (Å²) in [6, 6.07) is 9.74. The van der Waals surface area contributed by atoms with Crippen LogP contribution in [0.25, 0.3) is 27.8 Å². The molecular weight excluding hydrogens is 467 g/mol. The van der Waals surface area contributed by atoms with Crippen molar-refractivity contribution in [2.45, 2.75) is 46.0 Å². The number of H-pyrrole nitrogens is 1. The lowest BCUT2D eigenvalue weighted by molar-refractivity contribution is 0.191. The molecule has 0 saturated heterocycles. The molecule has 5 rings (SSSR count). The van der Waals surface area contributed by atoms with Crippen molar-refractivity contribution >= 4 is 22.4 Å². The van der Waals surface area contributed by atoms with Crippen molar-refractivity contribution in [1.82, 2.24) is 24.3 Å². The van der Waals surface area contributed by atoms with Gasteiger partial charge in [-0.2, -0.15) is 0 Å². The number of hydrogen-bond acceptors (Lipinski definition) is 5. The number of fused-ring (bicyclic) bond motifs is 2. The van der Waals surface area contributed by atoms with Gasteiger partial charge in [0.2, 0.25) is 0 Å². The molecule has 0 aliphatic rings. The fourth-order valence-corrected chi connectivity index (χ4v) is 4.52. The molecule has 194 valence electrons. The quantitative estimate of drug-likeness (QED) is 0.210. The molecule has 1 atom stereocenters. The van der Waals surface area contributed by atoms with Gasteiger partial charge < -0.3 is 15.0 Å². The Hall–Kier alpha value is -3.78. The SMILES string of the molecule is CC.COCCCC(C)c1cnc2c(NCCc3c[nH]c4ccccc34)nc(-c3cncc(F)c3)cn12. The van der Waals surface area contributed by atoms with Gasteiger partial charge in [0.25, 0.3) is 0 Å². The van der Waals surface area contributed by atoms with Crippen LogP contribution in [0.1, 0.15) is 50.8 Å². The third kappa shape index (κ3) is 5.97. The van der Waals surface area contributed by atoms with Crippen LogP contribution >= 0.6 is 0 Å². The molecule has 1 aromatic carbocycles. The number of aromatic nitrogens is 5. The molecule has 0 bridgehead atoms. The van der Waals surface area contributed by atoms with E-state index in [2.05, 4.69) is 51.0 Å². The summed E-state index contributed by atoms with van der Waals surface area (Å²) in [5, 5.41) is 4.70. The number of pyridine rings is 1. The molecule has 0 fully saturated rings. The Balaban J connectivity index is 0.00000156. The maximum absolute atomic E-state index is 13.9. The number of anilines is 1. The molecule has 0 radical (unpaired) electrons. The summed E-state index contributed by atoms with van der Waals surface area (Å²) in [6.45, 7) is 7.59. The van der Waals surface area contributed by atoms with Crippen molar-refractivity contribution in [3.8, 4) is 11.3 Å². The molecule has 1 unspecified atom stereocenters. The smallest absolute Gasteiger partial charge is 0.180 e. The minimum Gasteiger partial charge on any atom is -0.385 e. The Morgan fingerprint density at radius 2 is 2.00 bits per heavy atom. The van der Waals surface area contributed by atoms with Crippen LogP contribution in [0.2, 0.25) is 0 Å². The average molecular weight is 503 g/mol. The molecule has 0 aliphatic heterocycles. The van der Waals surface area contributed by atoms with Crippen LogP contribution in [0, 0.1) is 5.82 Å². The monoisotopic (exact) mass is 502 g/mol. The third-order valence-corrected chi connectivity index (χ3v) is 6.37. The fourth-order valence-electron chi connectivity index (χ4n) is 4.52. The van der Waals surface area contributed by atoms with Crippen molar-refractivity contribution in [3.63, 3.8) is 0 Å². The van der Waals surface area contributed by atoms with E-state index in [1.807, 2.05) is 32.3 Å². The number of aromatic amines is 1. The van der Waals surface area contributed by atoms with Crippen molar-refractivity contribution < 1.29 is 9.13 Å². The number of imidazole rings is 1. The number of nitrogens with zero attached hydrogens (tertiary/aromatic N) is 4. The van der Waals surface area contributed by atoms with Gasteiger partial charge in [0.05, 0.1) is 11.9 Å². The predicted molar refractivity (Wildman–Crippen MR) is 148 cm³/mol. The lowest BCUT2D eigenvalue weighted by atomic mass is 10.0. The maximum Gasteiger partial charge on any atom is 0.180 e. The van der Waals surface area contributed by atoms with Gasteiger partial charge in [-0.25, -0.2) is 14.4 Å². The van der Waals surface area contributed by atoms with Gasteiger partial charge in [-0.15, -0.1) is 0 Å². The number of rotatable bonds is 10. The second-order valence-electron chi connectivity index (χ2n) is 8.82. The van der Waals surface area contributed by atoms with Gasteiger partial charge in [-0.3, -0.25) is 9.38 Å². The largest absolute Gasteiger partial charge is 0.385 e. The van der Waals surface area contributed by atoms with Gasteiger partial charge in [-0.1, -0.05) is 39.0 Å². The highest BCUT2D eigenvalue weighted by Gasteiger charge is 2.17. The fraction of sp³-hybridized carbons (Fsp3) is 0.345. The number of hydrogen-bond donors (Lipinski definition) is 2. The molecule has 0 aliphatic carbocycles. The number of halogens is 1. The van der Waals surface area contributed by atoms with E-state index in [-0.39, 0.29) is 5.92 Å². The van der Waals surface area contributed by atoms with Crippen LogP contribution in [0.4, 0.5) is 10.2 Å². The van der Waals surface area contributed by atoms with Crippen LogP contribution in [0.5, 0.6) is 0 Å². The zero-order chi connectivity index (χ0) is 26.2. The minimum atomic E-state index is -0.392. The van der Waals surface area contributed by atoms with E-state index in [0.717, 1.165) is 42.7 Å². The molecule has 37 heavy (non-hydrogen) atoms. The molecule has 8 heteroatoms. The maximum atomic E-state index is 13.9. The van der Waals surface area contributed by atoms with E-state index in [9.17, 15) is 4.39 Å². The number of para-hydroxylation sites is 1. The van der Waals surface area contributed by atoms with Gasteiger partial charge in [0, 0.05) is 67.2 Å². The highest BCUT2D eigenvalue weighted by molar-refractivity contribution is 5.83. The summed E-state index contributed by atoms with van der Waals surface area (Å²) in [6.07, 6.45) is 11.5. The number of methoxy groups -OCH3 is 1. The highest BCUT2D eigenvalue weighted by atomic mass is 19.1. The Bertz CT molecular complexity index is 1440. The number of nitrogens with one attached hydrogen (secondary N) is 2. The predicted octanol–water partition coefficient (Wildman–Crippen LogP) is 6.62. The summed E-state index contributed by atoms with van der Waals surface area (Å²) in [5.74, 6) is 0.555. The lowest BCUT2D eigenvalue weighted by Gasteiger charge is -2.14. The Morgan fingerprint density at radius 3 is 2.81 bits per heavy atom. The van der Waals surface area contributed by atoms with Gasteiger partial charge in [0.1, 0.15) is 5.82 Å². The lowest BCUT2D eigenvalue weighted by Crippen LogP contribution is -2.10. The first-order valence-corrected chi connectivity index (χ1v) is 12.9. The second-order valence-corrected chi connectivity index (χ2v) is 8.82. The van der Waals surface area contributed by atoms with E-state index in [1.165, 1.54) is 23.2 Å². The van der Waals surface area contributed by atoms with E-state index in [0.29, 0.717) is 23.6 Å². The number of ether oxygens (including phenoxy) is 1.